The lowest BCUT2D eigenvalue weighted by atomic mass is 9.93. The zero-order chi connectivity index (χ0) is 12.6. The monoisotopic (exact) mass is 240 g/mol. The van der Waals surface area contributed by atoms with E-state index in [1.807, 2.05) is 4.90 Å². The highest BCUT2D eigenvalue weighted by Crippen LogP contribution is 2.37. The van der Waals surface area contributed by atoms with Crippen LogP contribution < -0.4 is 10.6 Å². The van der Waals surface area contributed by atoms with Gasteiger partial charge in [-0.1, -0.05) is 13.8 Å². The van der Waals surface area contributed by atoms with Crippen LogP contribution in [0.5, 0.6) is 0 Å². The fraction of sp³-hybridized carbons (Fsp3) is 0.538. The minimum Gasteiger partial charge on any atom is -0.399 e. The van der Waals surface area contributed by atoms with Gasteiger partial charge in [0, 0.05) is 30.0 Å². The van der Waals surface area contributed by atoms with E-state index in [4.69, 9.17) is 5.73 Å². The standard InChI is InChI=1S/C13H18F2N2/c1-13(2)5-6-17(8-13)11-4-3-9(16)7-10(11)12(14)15/h3-4,7,12H,5-6,8,16H2,1-2H3. The van der Waals surface area contributed by atoms with Gasteiger partial charge in [-0.3, -0.25) is 0 Å². The first-order valence-corrected chi connectivity index (χ1v) is 5.81. The average Bonchev–Trinajstić information content (AvgIpc) is 2.58. The maximum Gasteiger partial charge on any atom is 0.265 e. The van der Waals surface area contributed by atoms with Crippen molar-refractivity contribution in [3.05, 3.63) is 23.8 Å². The molecule has 1 aromatic rings. The van der Waals surface area contributed by atoms with Gasteiger partial charge < -0.3 is 10.6 Å². The van der Waals surface area contributed by atoms with Gasteiger partial charge in [0.25, 0.3) is 6.43 Å². The van der Waals surface area contributed by atoms with Crippen molar-refractivity contribution >= 4 is 11.4 Å². The molecule has 1 aliphatic heterocycles. The van der Waals surface area contributed by atoms with Gasteiger partial charge in [0.15, 0.2) is 0 Å². The van der Waals surface area contributed by atoms with Crippen LogP contribution in [-0.2, 0) is 0 Å². The van der Waals surface area contributed by atoms with E-state index in [9.17, 15) is 8.78 Å². The third kappa shape index (κ3) is 2.51. The molecule has 1 fully saturated rings. The van der Waals surface area contributed by atoms with Crippen molar-refractivity contribution in [3.63, 3.8) is 0 Å². The molecule has 1 aromatic carbocycles. The van der Waals surface area contributed by atoms with Crippen LogP contribution in [0.15, 0.2) is 18.2 Å². The van der Waals surface area contributed by atoms with Gasteiger partial charge in [0.05, 0.1) is 0 Å². The molecule has 0 atom stereocenters. The summed E-state index contributed by atoms with van der Waals surface area (Å²) in [5.74, 6) is 0. The molecule has 1 saturated heterocycles. The van der Waals surface area contributed by atoms with Crippen LogP contribution in [0.2, 0.25) is 0 Å². The van der Waals surface area contributed by atoms with Crippen molar-refractivity contribution in [2.45, 2.75) is 26.7 Å². The largest absolute Gasteiger partial charge is 0.399 e. The molecule has 1 aliphatic rings. The lowest BCUT2D eigenvalue weighted by molar-refractivity contribution is 0.152. The molecule has 4 heteroatoms. The maximum absolute atomic E-state index is 13.0. The van der Waals surface area contributed by atoms with Gasteiger partial charge in [0.2, 0.25) is 0 Å². The van der Waals surface area contributed by atoms with Crippen molar-refractivity contribution in [2.24, 2.45) is 5.41 Å². The predicted molar refractivity (Wildman–Crippen MR) is 66.4 cm³/mol. The summed E-state index contributed by atoms with van der Waals surface area (Å²) in [5.41, 5.74) is 6.82. The minimum absolute atomic E-state index is 0.0442. The van der Waals surface area contributed by atoms with Gasteiger partial charge in [-0.05, 0) is 30.0 Å². The van der Waals surface area contributed by atoms with Crippen molar-refractivity contribution in [2.75, 3.05) is 23.7 Å². The Labute approximate surface area is 100 Å². The first-order valence-electron chi connectivity index (χ1n) is 5.81. The number of hydrogen-bond acceptors (Lipinski definition) is 2. The molecule has 0 amide bonds. The summed E-state index contributed by atoms with van der Waals surface area (Å²) in [4.78, 5) is 2.03. The molecule has 0 spiro atoms. The summed E-state index contributed by atoms with van der Waals surface area (Å²) in [6.07, 6.45) is -1.45. The topological polar surface area (TPSA) is 29.3 Å². The molecule has 2 N–H and O–H groups in total. The van der Waals surface area contributed by atoms with Crippen LogP contribution in [-0.4, -0.2) is 13.1 Å². The van der Waals surface area contributed by atoms with Gasteiger partial charge in [0.1, 0.15) is 0 Å². The lowest BCUT2D eigenvalue weighted by Gasteiger charge is -2.24. The van der Waals surface area contributed by atoms with Crippen molar-refractivity contribution < 1.29 is 8.78 Å². The van der Waals surface area contributed by atoms with E-state index in [1.165, 1.54) is 6.07 Å². The smallest absolute Gasteiger partial charge is 0.265 e. The van der Waals surface area contributed by atoms with E-state index in [0.29, 0.717) is 11.4 Å². The molecule has 94 valence electrons. The Morgan fingerprint density at radius 3 is 2.59 bits per heavy atom. The number of halogens is 2. The SMILES string of the molecule is CC1(C)CCN(c2ccc(N)cc2C(F)F)C1. The summed E-state index contributed by atoms with van der Waals surface area (Å²) in [5, 5.41) is 0. The van der Waals surface area contributed by atoms with E-state index >= 15 is 0 Å². The zero-order valence-electron chi connectivity index (χ0n) is 10.2. The number of nitrogens with two attached hydrogens (primary N) is 1. The third-order valence-electron chi connectivity index (χ3n) is 3.30. The van der Waals surface area contributed by atoms with Crippen LogP contribution in [0.3, 0.4) is 0 Å². The molecular formula is C13H18F2N2. The Morgan fingerprint density at radius 1 is 1.35 bits per heavy atom. The number of nitrogens with zero attached hydrogens (tertiary/aromatic N) is 1. The maximum atomic E-state index is 13.0. The Hall–Kier alpha value is -1.32. The van der Waals surface area contributed by atoms with Gasteiger partial charge in [-0.15, -0.1) is 0 Å². The number of hydrogen-bond donors (Lipinski definition) is 1. The Kier molecular flexibility index (Phi) is 2.98. The highest BCUT2D eigenvalue weighted by atomic mass is 19.3. The quantitative estimate of drug-likeness (QED) is 0.802. The first-order chi connectivity index (χ1) is 7.89. The highest BCUT2D eigenvalue weighted by molar-refractivity contribution is 5.60. The molecule has 0 aliphatic carbocycles. The van der Waals surface area contributed by atoms with Crippen molar-refractivity contribution in [1.29, 1.82) is 0 Å². The Morgan fingerprint density at radius 2 is 2.06 bits per heavy atom. The molecule has 0 aromatic heterocycles. The van der Waals surface area contributed by atoms with Gasteiger partial charge in [-0.2, -0.15) is 0 Å². The number of benzene rings is 1. The fourth-order valence-electron chi connectivity index (χ4n) is 2.35. The summed E-state index contributed by atoms with van der Waals surface area (Å²) in [6.45, 7) is 5.96. The van der Waals surface area contributed by atoms with Crippen LogP contribution >= 0.6 is 0 Å². The molecule has 2 rings (SSSR count). The number of rotatable bonds is 2. The molecule has 0 bridgehead atoms. The van der Waals surface area contributed by atoms with Crippen LogP contribution in [0.1, 0.15) is 32.3 Å². The van der Waals surface area contributed by atoms with Crippen LogP contribution in [0.25, 0.3) is 0 Å². The molecule has 0 unspecified atom stereocenters. The zero-order valence-corrected chi connectivity index (χ0v) is 10.2. The Bertz CT molecular complexity index is 416. The van der Waals surface area contributed by atoms with Crippen molar-refractivity contribution in [3.8, 4) is 0 Å². The summed E-state index contributed by atoms with van der Waals surface area (Å²) in [7, 11) is 0. The van der Waals surface area contributed by atoms with Crippen LogP contribution in [0.4, 0.5) is 20.2 Å². The summed E-state index contributed by atoms with van der Waals surface area (Å²) in [6, 6.07) is 4.77. The number of anilines is 2. The molecular weight excluding hydrogens is 222 g/mol. The summed E-state index contributed by atoms with van der Waals surface area (Å²) < 4.78 is 25.9. The van der Waals surface area contributed by atoms with E-state index in [0.717, 1.165) is 19.5 Å². The second-order valence-corrected chi connectivity index (χ2v) is 5.45. The molecule has 2 nitrogen and oxygen atoms in total. The number of nitrogen functional groups attached to an aromatic ring is 1. The average molecular weight is 240 g/mol. The predicted octanol–water partition coefficient (Wildman–Crippen LogP) is 3.44. The van der Waals surface area contributed by atoms with E-state index < -0.39 is 6.43 Å². The molecule has 0 saturated carbocycles. The van der Waals surface area contributed by atoms with Gasteiger partial charge in [-0.25, -0.2) is 8.78 Å². The van der Waals surface area contributed by atoms with Crippen molar-refractivity contribution in [1.82, 2.24) is 0 Å². The highest BCUT2D eigenvalue weighted by Gasteiger charge is 2.31. The second kappa shape index (κ2) is 4.17. The van der Waals surface area contributed by atoms with E-state index in [1.54, 1.807) is 12.1 Å². The first kappa shape index (κ1) is 12.1. The van der Waals surface area contributed by atoms with Gasteiger partial charge >= 0.3 is 0 Å². The molecule has 17 heavy (non-hydrogen) atoms. The normalized spacial score (nSPS) is 19.0. The van der Waals surface area contributed by atoms with Crippen LogP contribution in [0, 0.1) is 5.41 Å². The number of alkyl halides is 2. The summed E-state index contributed by atoms with van der Waals surface area (Å²) >= 11 is 0. The molecule has 1 heterocycles. The Balaban J connectivity index is 2.33. The van der Waals surface area contributed by atoms with E-state index in [-0.39, 0.29) is 11.0 Å². The molecule has 0 radical (unpaired) electrons. The third-order valence-corrected chi connectivity index (χ3v) is 3.30. The lowest BCUT2D eigenvalue weighted by Crippen LogP contribution is -2.23. The minimum atomic E-state index is -2.47. The van der Waals surface area contributed by atoms with E-state index in [2.05, 4.69) is 13.8 Å². The fourth-order valence-corrected chi connectivity index (χ4v) is 2.35. The second-order valence-electron chi connectivity index (χ2n) is 5.45.